The SMILES string of the molecule is O=C(/C=C/c1cc(O)cc(O)c1)Oc1ccc(CON(O)O)cc1. The summed E-state index contributed by atoms with van der Waals surface area (Å²) in [5, 5.41) is 35.2. The zero-order valence-electron chi connectivity index (χ0n) is 12.4. The van der Waals surface area contributed by atoms with Crippen molar-refractivity contribution in [2.75, 3.05) is 0 Å². The van der Waals surface area contributed by atoms with E-state index < -0.39 is 11.4 Å². The van der Waals surface area contributed by atoms with Gasteiger partial charge in [-0.15, -0.1) is 0 Å². The van der Waals surface area contributed by atoms with Gasteiger partial charge < -0.3 is 14.9 Å². The van der Waals surface area contributed by atoms with Crippen LogP contribution in [0, 0.1) is 0 Å². The van der Waals surface area contributed by atoms with Gasteiger partial charge in [-0.05, 0) is 41.5 Å². The van der Waals surface area contributed by atoms with Crippen LogP contribution >= 0.6 is 0 Å². The highest BCUT2D eigenvalue weighted by molar-refractivity contribution is 5.88. The summed E-state index contributed by atoms with van der Waals surface area (Å²) in [5.41, 5.74) is 1.07. The second-order valence-electron chi connectivity index (χ2n) is 4.71. The first kappa shape index (κ1) is 17.4. The molecule has 8 nitrogen and oxygen atoms in total. The quantitative estimate of drug-likeness (QED) is 0.275. The van der Waals surface area contributed by atoms with Gasteiger partial charge in [-0.3, -0.25) is 10.4 Å². The molecule has 0 bridgehead atoms. The van der Waals surface area contributed by atoms with Gasteiger partial charge in [0.2, 0.25) is 0 Å². The predicted octanol–water partition coefficient (Wildman–Crippen LogP) is 2.23. The van der Waals surface area contributed by atoms with E-state index in [1.165, 1.54) is 36.4 Å². The van der Waals surface area contributed by atoms with Gasteiger partial charge in [0.15, 0.2) is 0 Å². The van der Waals surface area contributed by atoms with Crippen LogP contribution in [-0.4, -0.2) is 32.0 Å². The van der Waals surface area contributed by atoms with Crippen molar-refractivity contribution in [1.82, 2.24) is 5.39 Å². The zero-order valence-corrected chi connectivity index (χ0v) is 12.4. The summed E-state index contributed by atoms with van der Waals surface area (Å²) in [7, 11) is 0. The molecule has 0 aliphatic rings. The Balaban J connectivity index is 1.93. The first-order valence-electron chi connectivity index (χ1n) is 6.75. The number of rotatable bonds is 6. The number of hydrogen-bond acceptors (Lipinski definition) is 8. The minimum absolute atomic E-state index is 0.0673. The Morgan fingerprint density at radius 3 is 2.25 bits per heavy atom. The number of benzene rings is 2. The van der Waals surface area contributed by atoms with Gasteiger partial charge in [0.1, 0.15) is 17.2 Å². The van der Waals surface area contributed by atoms with Crippen LogP contribution in [0.3, 0.4) is 0 Å². The molecule has 0 saturated heterocycles. The summed E-state index contributed by atoms with van der Waals surface area (Å²) in [6, 6.07) is 10.1. The first-order chi connectivity index (χ1) is 11.4. The zero-order chi connectivity index (χ0) is 17.5. The Labute approximate surface area is 136 Å². The monoisotopic (exact) mass is 333 g/mol. The third-order valence-electron chi connectivity index (χ3n) is 2.83. The van der Waals surface area contributed by atoms with E-state index in [0.29, 0.717) is 11.1 Å². The molecule has 0 atom stereocenters. The molecule has 0 amide bonds. The molecule has 0 aliphatic heterocycles. The van der Waals surface area contributed by atoms with Crippen molar-refractivity contribution in [3.05, 3.63) is 59.7 Å². The molecule has 0 radical (unpaired) electrons. The van der Waals surface area contributed by atoms with Gasteiger partial charge in [-0.25, -0.2) is 9.63 Å². The van der Waals surface area contributed by atoms with E-state index in [-0.39, 0.29) is 23.9 Å². The molecule has 24 heavy (non-hydrogen) atoms. The van der Waals surface area contributed by atoms with Crippen LogP contribution in [0.4, 0.5) is 0 Å². The fourth-order valence-electron chi connectivity index (χ4n) is 1.81. The van der Waals surface area contributed by atoms with E-state index in [2.05, 4.69) is 4.84 Å². The third-order valence-corrected chi connectivity index (χ3v) is 2.83. The summed E-state index contributed by atoms with van der Waals surface area (Å²) >= 11 is 0. The minimum Gasteiger partial charge on any atom is -0.508 e. The molecular weight excluding hydrogens is 318 g/mol. The lowest BCUT2D eigenvalue weighted by molar-refractivity contribution is -0.497. The van der Waals surface area contributed by atoms with Gasteiger partial charge in [-0.1, -0.05) is 12.1 Å². The van der Waals surface area contributed by atoms with Gasteiger partial charge >= 0.3 is 5.97 Å². The lowest BCUT2D eigenvalue weighted by atomic mass is 10.2. The van der Waals surface area contributed by atoms with Crippen molar-refractivity contribution in [2.24, 2.45) is 0 Å². The molecule has 0 heterocycles. The highest BCUT2D eigenvalue weighted by atomic mass is 17.1. The Morgan fingerprint density at radius 2 is 1.67 bits per heavy atom. The van der Waals surface area contributed by atoms with Gasteiger partial charge in [-0.2, -0.15) is 0 Å². The lowest BCUT2D eigenvalue weighted by Crippen LogP contribution is -2.13. The number of phenols is 2. The Hall–Kier alpha value is -2.91. The van der Waals surface area contributed by atoms with Crippen LogP contribution in [0.25, 0.3) is 6.08 Å². The van der Waals surface area contributed by atoms with Crippen LogP contribution in [0.5, 0.6) is 17.2 Å². The lowest BCUT2D eigenvalue weighted by Gasteiger charge is -2.07. The Kier molecular flexibility index (Phi) is 5.88. The Bertz CT molecular complexity index is 705. The fraction of sp³-hybridized carbons (Fsp3) is 0.0625. The van der Waals surface area contributed by atoms with Crippen LogP contribution in [0.2, 0.25) is 0 Å². The number of ether oxygens (including phenoxy) is 1. The summed E-state index contributed by atoms with van der Waals surface area (Å²) in [4.78, 5) is 16.2. The predicted molar refractivity (Wildman–Crippen MR) is 81.1 cm³/mol. The highest BCUT2D eigenvalue weighted by Gasteiger charge is 2.03. The van der Waals surface area contributed by atoms with Crippen LogP contribution < -0.4 is 4.74 Å². The smallest absolute Gasteiger partial charge is 0.336 e. The molecule has 0 spiro atoms. The number of carbonyl (C=O) groups excluding carboxylic acids is 1. The maximum Gasteiger partial charge on any atom is 0.336 e. The molecule has 8 heteroatoms. The number of phenolic OH excluding ortho intramolecular Hbond substituents is 2. The van der Waals surface area contributed by atoms with Crippen LogP contribution in [-0.2, 0) is 16.2 Å². The van der Waals surface area contributed by atoms with E-state index in [9.17, 15) is 15.0 Å². The average molecular weight is 333 g/mol. The molecule has 0 fully saturated rings. The second kappa shape index (κ2) is 8.09. The highest BCUT2D eigenvalue weighted by Crippen LogP contribution is 2.21. The molecule has 0 aliphatic carbocycles. The number of carbonyl (C=O) groups is 1. The third kappa shape index (κ3) is 5.71. The molecular formula is C16H15NO7. The number of hydrogen-bond donors (Lipinski definition) is 4. The molecule has 0 unspecified atom stereocenters. The summed E-state index contributed by atoms with van der Waals surface area (Å²) < 4.78 is 5.08. The second-order valence-corrected chi connectivity index (χ2v) is 4.71. The van der Waals surface area contributed by atoms with Crippen molar-refractivity contribution in [3.8, 4) is 17.2 Å². The molecule has 2 rings (SSSR count). The van der Waals surface area contributed by atoms with Crippen molar-refractivity contribution >= 4 is 12.0 Å². The molecule has 0 aromatic heterocycles. The van der Waals surface area contributed by atoms with Gasteiger partial charge in [0.25, 0.3) is 0 Å². The van der Waals surface area contributed by atoms with Crippen LogP contribution in [0.15, 0.2) is 48.5 Å². The van der Waals surface area contributed by atoms with E-state index >= 15 is 0 Å². The fourth-order valence-corrected chi connectivity index (χ4v) is 1.81. The first-order valence-corrected chi connectivity index (χ1v) is 6.75. The van der Waals surface area contributed by atoms with Crippen LogP contribution in [0.1, 0.15) is 11.1 Å². The summed E-state index contributed by atoms with van der Waals surface area (Å²) in [6.07, 6.45) is 2.54. The molecule has 2 aromatic rings. The van der Waals surface area contributed by atoms with Crippen molar-refractivity contribution in [3.63, 3.8) is 0 Å². The van der Waals surface area contributed by atoms with Crippen molar-refractivity contribution in [1.29, 1.82) is 0 Å². The number of esters is 1. The average Bonchev–Trinajstić information content (AvgIpc) is 2.51. The summed E-state index contributed by atoms with van der Waals surface area (Å²) in [5.74, 6) is -0.592. The molecule has 2 aromatic carbocycles. The van der Waals surface area contributed by atoms with Crippen molar-refractivity contribution in [2.45, 2.75) is 6.61 Å². The van der Waals surface area contributed by atoms with Crippen molar-refractivity contribution < 1.29 is 35.0 Å². The standard InChI is InChI=1S/C16H15NO7/c18-13-7-12(8-14(19)9-13)3-6-16(20)24-15-4-1-11(2-5-15)10-23-17(21)22/h1-9,18-19,21-22H,10H2/b6-3+. The van der Waals surface area contributed by atoms with E-state index in [4.69, 9.17) is 15.2 Å². The largest absolute Gasteiger partial charge is 0.508 e. The normalized spacial score (nSPS) is 11.1. The molecule has 4 N–H and O–H groups in total. The number of nitrogens with zero attached hydrogens (tertiary/aromatic N) is 1. The maximum atomic E-state index is 11.7. The summed E-state index contributed by atoms with van der Waals surface area (Å²) in [6.45, 7) is -0.0673. The molecule has 126 valence electrons. The van der Waals surface area contributed by atoms with Gasteiger partial charge in [0.05, 0.1) is 12.0 Å². The van der Waals surface area contributed by atoms with E-state index in [1.54, 1.807) is 12.1 Å². The number of aromatic hydroxyl groups is 2. The van der Waals surface area contributed by atoms with E-state index in [0.717, 1.165) is 6.08 Å². The van der Waals surface area contributed by atoms with Gasteiger partial charge in [0, 0.05) is 12.1 Å². The topological polar surface area (TPSA) is 120 Å². The van der Waals surface area contributed by atoms with E-state index in [1.807, 2.05) is 0 Å². The minimum atomic E-state index is -0.640. The molecule has 0 saturated carbocycles. The maximum absolute atomic E-state index is 11.7. The Morgan fingerprint density at radius 1 is 1.04 bits per heavy atom.